The van der Waals surface area contributed by atoms with E-state index in [0.29, 0.717) is 15.4 Å². The van der Waals surface area contributed by atoms with Crippen molar-refractivity contribution >= 4 is 39.8 Å². The molecule has 0 aliphatic rings. The summed E-state index contributed by atoms with van der Waals surface area (Å²) in [4.78, 5) is 37.7. The second-order valence-electron chi connectivity index (χ2n) is 7.28. The molecule has 0 fully saturated rings. The van der Waals surface area contributed by atoms with Gasteiger partial charge < -0.3 is 20.7 Å². The highest BCUT2D eigenvalue weighted by Gasteiger charge is 2.26. The molecule has 0 saturated carbocycles. The van der Waals surface area contributed by atoms with Crippen molar-refractivity contribution in [2.24, 2.45) is 0 Å². The summed E-state index contributed by atoms with van der Waals surface area (Å²) in [6, 6.07) is 17.9. The molecule has 0 aliphatic heterocycles. The van der Waals surface area contributed by atoms with Gasteiger partial charge in [0.1, 0.15) is 5.00 Å². The molecule has 172 valence electrons. The Morgan fingerprint density at radius 1 is 1.00 bits per heavy atom. The van der Waals surface area contributed by atoms with Gasteiger partial charge in [0.2, 0.25) is 5.91 Å². The van der Waals surface area contributed by atoms with Crippen molar-refractivity contribution < 1.29 is 19.1 Å². The van der Waals surface area contributed by atoms with Crippen molar-refractivity contribution in [3.63, 3.8) is 0 Å². The fourth-order valence-electron chi connectivity index (χ4n) is 3.39. The fraction of sp³-hybridized carbons (Fsp3) is 0.240. The summed E-state index contributed by atoms with van der Waals surface area (Å²) in [5.41, 5.74) is 3.78. The minimum atomic E-state index is -0.571. The molecule has 3 rings (SSSR count). The molecule has 0 radical (unpaired) electrons. The molecule has 1 aromatic heterocycles. The molecule has 0 aliphatic carbocycles. The number of carbonyl (C=O) groups is 3. The minimum Gasteiger partial charge on any atom is -0.462 e. The van der Waals surface area contributed by atoms with Crippen molar-refractivity contribution in [1.29, 1.82) is 0 Å². The van der Waals surface area contributed by atoms with Gasteiger partial charge in [-0.3, -0.25) is 9.59 Å². The second-order valence-corrected chi connectivity index (χ2v) is 8.30. The molecule has 2 aromatic carbocycles. The van der Waals surface area contributed by atoms with Gasteiger partial charge in [-0.05, 0) is 43.0 Å². The number of hydrogen-bond donors (Lipinski definition) is 3. The van der Waals surface area contributed by atoms with Crippen molar-refractivity contribution in [2.75, 3.05) is 30.8 Å². The lowest BCUT2D eigenvalue weighted by molar-refractivity contribution is -0.114. The number of benzene rings is 2. The third kappa shape index (κ3) is 5.98. The highest BCUT2D eigenvalue weighted by Crippen LogP contribution is 2.33. The number of nitrogens with one attached hydrogen (secondary N) is 3. The predicted octanol–water partition coefficient (Wildman–Crippen LogP) is 4.23. The van der Waals surface area contributed by atoms with E-state index in [0.717, 1.165) is 29.0 Å². The van der Waals surface area contributed by atoms with Crippen LogP contribution in [0.1, 0.15) is 43.6 Å². The molecule has 1 heterocycles. The van der Waals surface area contributed by atoms with Crippen molar-refractivity contribution in [1.82, 2.24) is 5.32 Å². The Bertz CT molecular complexity index is 1140. The number of para-hydroxylation sites is 1. The molecule has 3 aromatic rings. The zero-order valence-corrected chi connectivity index (χ0v) is 19.7. The molecule has 0 unspecified atom stereocenters. The van der Waals surface area contributed by atoms with Gasteiger partial charge in [-0.15, -0.1) is 11.3 Å². The Morgan fingerprint density at radius 2 is 1.70 bits per heavy atom. The van der Waals surface area contributed by atoms with Gasteiger partial charge in [0.15, 0.2) is 0 Å². The van der Waals surface area contributed by atoms with Crippen LogP contribution in [0, 0.1) is 6.92 Å². The van der Waals surface area contributed by atoms with E-state index in [1.807, 2.05) is 42.5 Å². The first-order valence-electron chi connectivity index (χ1n) is 10.6. The first-order chi connectivity index (χ1) is 15.9. The van der Waals surface area contributed by atoms with E-state index in [2.05, 4.69) is 28.1 Å². The molecule has 0 saturated heterocycles. The number of thiophene rings is 1. The zero-order valence-electron chi connectivity index (χ0n) is 18.9. The maximum Gasteiger partial charge on any atom is 0.341 e. The van der Waals surface area contributed by atoms with Crippen molar-refractivity contribution in [2.45, 2.75) is 20.3 Å². The first kappa shape index (κ1) is 24.0. The number of amides is 2. The summed E-state index contributed by atoms with van der Waals surface area (Å²) in [6.45, 7) is 3.56. The predicted molar refractivity (Wildman–Crippen MR) is 131 cm³/mol. The summed E-state index contributed by atoms with van der Waals surface area (Å²) in [5.74, 6) is -1.23. The molecular formula is C25H27N3O4S. The van der Waals surface area contributed by atoms with Gasteiger partial charge in [-0.2, -0.15) is 0 Å². The van der Waals surface area contributed by atoms with Gasteiger partial charge in [-0.1, -0.05) is 48.5 Å². The van der Waals surface area contributed by atoms with Gasteiger partial charge in [-0.25, -0.2) is 4.79 Å². The standard InChI is InChI=1S/C25H27N3O4S/c1-4-32-25(31)21-16(2)22(23(30)26-3)33-24(21)28-20(29)15-27-19-13-9-8-12-18(19)14-17-10-6-5-7-11-17/h5-13,27H,4,14-15H2,1-3H3,(H,26,30)(H,28,29). The molecule has 7 nitrogen and oxygen atoms in total. The lowest BCUT2D eigenvalue weighted by Crippen LogP contribution is -2.23. The Labute approximate surface area is 197 Å². The van der Waals surface area contributed by atoms with Gasteiger partial charge in [0.25, 0.3) is 5.91 Å². The minimum absolute atomic E-state index is 0.000321. The van der Waals surface area contributed by atoms with Crippen LogP contribution >= 0.6 is 11.3 Å². The number of ether oxygens (including phenoxy) is 1. The summed E-state index contributed by atoms with van der Waals surface area (Å²) in [5, 5.41) is 8.80. The van der Waals surface area contributed by atoms with E-state index in [1.54, 1.807) is 13.8 Å². The average Bonchev–Trinajstić information content (AvgIpc) is 3.14. The zero-order chi connectivity index (χ0) is 23.8. The van der Waals surface area contributed by atoms with E-state index < -0.39 is 5.97 Å². The molecule has 8 heteroatoms. The second kappa shape index (κ2) is 11.3. The van der Waals surface area contributed by atoms with Gasteiger partial charge in [0.05, 0.1) is 23.6 Å². The topological polar surface area (TPSA) is 96.5 Å². The largest absolute Gasteiger partial charge is 0.462 e. The smallest absolute Gasteiger partial charge is 0.341 e. The molecule has 0 bridgehead atoms. The molecule has 0 atom stereocenters. The lowest BCUT2D eigenvalue weighted by Gasteiger charge is -2.12. The van der Waals surface area contributed by atoms with E-state index >= 15 is 0 Å². The molecule has 3 N–H and O–H groups in total. The van der Waals surface area contributed by atoms with Gasteiger partial charge >= 0.3 is 5.97 Å². The third-order valence-electron chi connectivity index (χ3n) is 5.01. The Balaban J connectivity index is 1.74. The van der Waals surface area contributed by atoms with Crippen LogP contribution in [0.25, 0.3) is 0 Å². The van der Waals surface area contributed by atoms with Crippen LogP contribution in [0.4, 0.5) is 10.7 Å². The fourth-order valence-corrected chi connectivity index (χ4v) is 4.55. The van der Waals surface area contributed by atoms with Crippen LogP contribution in [0.5, 0.6) is 0 Å². The van der Waals surface area contributed by atoms with Crippen LogP contribution < -0.4 is 16.0 Å². The summed E-state index contributed by atoms with van der Waals surface area (Å²) in [6.07, 6.45) is 0.734. The average molecular weight is 466 g/mol. The normalized spacial score (nSPS) is 10.4. The Kier molecular flexibility index (Phi) is 8.21. The van der Waals surface area contributed by atoms with Crippen LogP contribution in [0.15, 0.2) is 54.6 Å². The van der Waals surface area contributed by atoms with E-state index in [1.165, 1.54) is 12.6 Å². The molecule has 33 heavy (non-hydrogen) atoms. The van der Waals surface area contributed by atoms with E-state index in [4.69, 9.17) is 4.74 Å². The third-order valence-corrected chi connectivity index (χ3v) is 6.21. The number of carbonyl (C=O) groups excluding carboxylic acids is 3. The monoisotopic (exact) mass is 465 g/mol. The van der Waals surface area contributed by atoms with E-state index in [-0.39, 0.29) is 30.5 Å². The van der Waals surface area contributed by atoms with Crippen LogP contribution in [0.2, 0.25) is 0 Å². The lowest BCUT2D eigenvalue weighted by atomic mass is 10.0. The van der Waals surface area contributed by atoms with Crippen molar-refractivity contribution in [3.05, 3.63) is 81.7 Å². The highest BCUT2D eigenvalue weighted by molar-refractivity contribution is 7.18. The van der Waals surface area contributed by atoms with Crippen LogP contribution in [-0.2, 0) is 16.0 Å². The quantitative estimate of drug-likeness (QED) is 0.411. The maximum atomic E-state index is 12.7. The Morgan fingerprint density at radius 3 is 2.39 bits per heavy atom. The number of rotatable bonds is 9. The first-order valence-corrected chi connectivity index (χ1v) is 11.4. The molecular weight excluding hydrogens is 438 g/mol. The highest BCUT2D eigenvalue weighted by atomic mass is 32.1. The van der Waals surface area contributed by atoms with Crippen molar-refractivity contribution in [3.8, 4) is 0 Å². The van der Waals surface area contributed by atoms with Gasteiger partial charge in [0, 0.05) is 12.7 Å². The number of anilines is 2. The SMILES string of the molecule is CCOC(=O)c1c(NC(=O)CNc2ccccc2Cc2ccccc2)sc(C(=O)NC)c1C. The van der Waals surface area contributed by atoms with E-state index in [9.17, 15) is 14.4 Å². The molecule has 0 spiro atoms. The molecule has 2 amide bonds. The summed E-state index contributed by atoms with van der Waals surface area (Å²) >= 11 is 1.06. The van der Waals surface area contributed by atoms with Crippen LogP contribution in [-0.4, -0.2) is 38.0 Å². The number of hydrogen-bond acceptors (Lipinski definition) is 6. The summed E-state index contributed by atoms with van der Waals surface area (Å²) in [7, 11) is 1.51. The summed E-state index contributed by atoms with van der Waals surface area (Å²) < 4.78 is 5.13. The maximum absolute atomic E-state index is 12.7. The number of esters is 1. The Hall–Kier alpha value is -3.65. The van der Waals surface area contributed by atoms with Crippen LogP contribution in [0.3, 0.4) is 0 Å².